The first kappa shape index (κ1) is 15.2. The van der Waals surface area contributed by atoms with E-state index in [0.717, 1.165) is 13.2 Å². The van der Waals surface area contributed by atoms with Crippen LogP contribution >= 0.6 is 11.8 Å². The third kappa shape index (κ3) is 6.40. The Morgan fingerprint density at radius 3 is 2.60 bits per heavy atom. The topological polar surface area (TPSA) is 38.5 Å². The number of thioether (sulfide) groups is 1. The predicted molar refractivity (Wildman–Crippen MR) is 69.6 cm³/mol. The zero-order chi connectivity index (χ0) is 11.7. The average molecular weight is 234 g/mol. The van der Waals surface area contributed by atoms with Crippen molar-refractivity contribution in [1.29, 1.82) is 0 Å². The number of nitrogens with two attached hydrogens (primary N) is 1. The molecule has 0 aliphatic heterocycles. The molecule has 2 N–H and O–H groups in total. The maximum atomic E-state index is 5.80. The third-order valence-corrected chi connectivity index (χ3v) is 3.53. The summed E-state index contributed by atoms with van der Waals surface area (Å²) in [6.07, 6.45) is 4.57. The van der Waals surface area contributed by atoms with Gasteiger partial charge in [0.25, 0.3) is 0 Å². The molecule has 0 aliphatic rings. The first-order chi connectivity index (χ1) is 7.17. The van der Waals surface area contributed by atoms with Crippen LogP contribution in [0.2, 0.25) is 0 Å². The maximum absolute atomic E-state index is 5.80. The number of ether oxygens (including phenoxy) is 1. The highest BCUT2D eigenvalue weighted by Gasteiger charge is 2.17. The maximum Gasteiger partial charge on any atom is 0.0615 e. The smallest absolute Gasteiger partial charge is 0.0615 e. The summed E-state index contributed by atoms with van der Waals surface area (Å²) in [5, 5.41) is 0. The molecule has 4 heteroatoms. The SMILES string of the molecule is COCC(C)N(C)C(CN)CCCSC. The van der Waals surface area contributed by atoms with Gasteiger partial charge in [0.15, 0.2) is 0 Å². The van der Waals surface area contributed by atoms with Crippen molar-refractivity contribution in [2.45, 2.75) is 31.8 Å². The van der Waals surface area contributed by atoms with Crippen molar-refractivity contribution < 1.29 is 4.74 Å². The van der Waals surface area contributed by atoms with Crippen molar-refractivity contribution in [2.24, 2.45) is 5.73 Å². The van der Waals surface area contributed by atoms with Gasteiger partial charge in [-0.3, -0.25) is 4.90 Å². The molecule has 3 nitrogen and oxygen atoms in total. The van der Waals surface area contributed by atoms with Gasteiger partial charge in [0, 0.05) is 25.7 Å². The largest absolute Gasteiger partial charge is 0.383 e. The van der Waals surface area contributed by atoms with Crippen LogP contribution in [0.1, 0.15) is 19.8 Å². The number of likely N-dealkylation sites (N-methyl/N-ethyl adjacent to an activating group) is 1. The van der Waals surface area contributed by atoms with Crippen molar-refractivity contribution in [3.05, 3.63) is 0 Å². The van der Waals surface area contributed by atoms with Gasteiger partial charge in [-0.1, -0.05) is 0 Å². The van der Waals surface area contributed by atoms with Gasteiger partial charge in [-0.25, -0.2) is 0 Å². The molecule has 0 saturated heterocycles. The second-order valence-corrected chi connectivity index (χ2v) is 4.98. The minimum Gasteiger partial charge on any atom is -0.383 e. The molecule has 0 radical (unpaired) electrons. The average Bonchev–Trinajstić information content (AvgIpc) is 2.24. The molecule has 2 atom stereocenters. The molecule has 0 saturated carbocycles. The van der Waals surface area contributed by atoms with Crippen LogP contribution in [0, 0.1) is 0 Å². The quantitative estimate of drug-likeness (QED) is 0.613. The van der Waals surface area contributed by atoms with Gasteiger partial charge >= 0.3 is 0 Å². The highest BCUT2D eigenvalue weighted by atomic mass is 32.2. The number of hydrogen-bond donors (Lipinski definition) is 1. The highest BCUT2D eigenvalue weighted by Crippen LogP contribution is 2.10. The van der Waals surface area contributed by atoms with Gasteiger partial charge in [0.2, 0.25) is 0 Å². The summed E-state index contributed by atoms with van der Waals surface area (Å²) in [6, 6.07) is 0.931. The van der Waals surface area contributed by atoms with E-state index in [4.69, 9.17) is 10.5 Å². The van der Waals surface area contributed by atoms with Gasteiger partial charge in [-0.05, 0) is 38.8 Å². The lowest BCUT2D eigenvalue weighted by atomic mass is 10.1. The normalized spacial score (nSPS) is 15.6. The Morgan fingerprint density at radius 2 is 2.13 bits per heavy atom. The fourth-order valence-corrected chi connectivity index (χ4v) is 2.13. The van der Waals surface area contributed by atoms with Gasteiger partial charge in [-0.15, -0.1) is 0 Å². The second kappa shape index (κ2) is 9.46. The van der Waals surface area contributed by atoms with Crippen LogP contribution in [-0.4, -0.2) is 56.3 Å². The van der Waals surface area contributed by atoms with E-state index in [2.05, 4.69) is 25.1 Å². The Bertz CT molecular complexity index is 147. The van der Waals surface area contributed by atoms with E-state index >= 15 is 0 Å². The number of methoxy groups -OCH3 is 1. The fraction of sp³-hybridized carbons (Fsp3) is 1.00. The van der Waals surface area contributed by atoms with Crippen LogP contribution in [0.3, 0.4) is 0 Å². The number of nitrogens with zero attached hydrogens (tertiary/aromatic N) is 1. The zero-order valence-corrected chi connectivity index (χ0v) is 11.3. The Morgan fingerprint density at radius 1 is 1.47 bits per heavy atom. The molecule has 2 unspecified atom stereocenters. The molecular formula is C11H26N2OS. The van der Waals surface area contributed by atoms with Gasteiger partial charge in [-0.2, -0.15) is 11.8 Å². The molecule has 0 aromatic heterocycles. The minimum atomic E-state index is 0.442. The van der Waals surface area contributed by atoms with Crippen molar-refractivity contribution in [3.63, 3.8) is 0 Å². The van der Waals surface area contributed by atoms with Crippen LogP contribution in [0.25, 0.3) is 0 Å². The summed E-state index contributed by atoms with van der Waals surface area (Å²) in [5.41, 5.74) is 5.80. The van der Waals surface area contributed by atoms with Crippen molar-refractivity contribution in [3.8, 4) is 0 Å². The lowest BCUT2D eigenvalue weighted by molar-refractivity contribution is 0.0882. The Labute approximate surface area is 98.7 Å². The summed E-state index contributed by atoms with van der Waals surface area (Å²) in [6.45, 7) is 3.69. The molecule has 0 rings (SSSR count). The molecule has 0 fully saturated rings. The van der Waals surface area contributed by atoms with E-state index in [1.807, 2.05) is 11.8 Å². The van der Waals surface area contributed by atoms with E-state index < -0.39 is 0 Å². The Kier molecular flexibility index (Phi) is 9.60. The van der Waals surface area contributed by atoms with Crippen molar-refractivity contribution in [1.82, 2.24) is 4.90 Å². The number of hydrogen-bond acceptors (Lipinski definition) is 4. The van der Waals surface area contributed by atoms with E-state index in [1.165, 1.54) is 18.6 Å². The summed E-state index contributed by atoms with van der Waals surface area (Å²) < 4.78 is 5.16. The second-order valence-electron chi connectivity index (χ2n) is 3.99. The van der Waals surface area contributed by atoms with E-state index in [1.54, 1.807) is 7.11 Å². The molecule has 92 valence electrons. The monoisotopic (exact) mass is 234 g/mol. The Balaban J connectivity index is 3.91. The first-order valence-electron chi connectivity index (χ1n) is 5.57. The van der Waals surface area contributed by atoms with E-state index in [-0.39, 0.29) is 0 Å². The molecule has 15 heavy (non-hydrogen) atoms. The molecule has 0 aromatic rings. The summed E-state index contributed by atoms with van der Waals surface area (Å²) in [4.78, 5) is 2.34. The number of rotatable bonds is 9. The summed E-state index contributed by atoms with van der Waals surface area (Å²) >= 11 is 1.90. The molecule has 0 aromatic carbocycles. The van der Waals surface area contributed by atoms with Gasteiger partial charge < -0.3 is 10.5 Å². The standard InChI is InChI=1S/C11H26N2OS/c1-10(9-14-3)13(2)11(8-12)6-5-7-15-4/h10-11H,5-9,12H2,1-4H3. The predicted octanol–water partition coefficient (Wildman–Crippen LogP) is 1.42. The van der Waals surface area contributed by atoms with Crippen LogP contribution < -0.4 is 5.73 Å². The lowest BCUT2D eigenvalue weighted by Gasteiger charge is -2.32. The van der Waals surface area contributed by atoms with Crippen molar-refractivity contribution >= 4 is 11.8 Å². The third-order valence-electron chi connectivity index (χ3n) is 2.84. The molecule has 0 amide bonds. The van der Waals surface area contributed by atoms with Gasteiger partial charge in [0.1, 0.15) is 0 Å². The van der Waals surface area contributed by atoms with Crippen molar-refractivity contribution in [2.75, 3.05) is 39.3 Å². The van der Waals surface area contributed by atoms with Crippen LogP contribution in [0.5, 0.6) is 0 Å². The summed E-state index contributed by atoms with van der Waals surface area (Å²) in [5.74, 6) is 1.23. The fourth-order valence-electron chi connectivity index (χ4n) is 1.67. The molecule has 0 aliphatic carbocycles. The van der Waals surface area contributed by atoms with Crippen LogP contribution in [0.4, 0.5) is 0 Å². The first-order valence-corrected chi connectivity index (χ1v) is 6.96. The van der Waals surface area contributed by atoms with E-state index in [0.29, 0.717) is 12.1 Å². The molecule has 0 bridgehead atoms. The minimum absolute atomic E-state index is 0.442. The van der Waals surface area contributed by atoms with E-state index in [9.17, 15) is 0 Å². The van der Waals surface area contributed by atoms with Crippen LogP contribution in [0.15, 0.2) is 0 Å². The molecular weight excluding hydrogens is 208 g/mol. The summed E-state index contributed by atoms with van der Waals surface area (Å²) in [7, 11) is 3.88. The van der Waals surface area contributed by atoms with Crippen LogP contribution in [-0.2, 0) is 4.74 Å². The van der Waals surface area contributed by atoms with Gasteiger partial charge in [0.05, 0.1) is 6.61 Å². The lowest BCUT2D eigenvalue weighted by Crippen LogP contribution is -2.44. The zero-order valence-electron chi connectivity index (χ0n) is 10.5. The Hall–Kier alpha value is 0.230. The molecule has 0 heterocycles. The highest BCUT2D eigenvalue weighted by molar-refractivity contribution is 7.98. The molecule has 0 spiro atoms.